The molecule has 0 amide bonds. The summed E-state index contributed by atoms with van der Waals surface area (Å²) >= 11 is 0. The molecule has 5 heteroatoms. The summed E-state index contributed by atoms with van der Waals surface area (Å²) in [5.41, 5.74) is 0.400. The molecule has 1 atom stereocenters. The van der Waals surface area contributed by atoms with Crippen molar-refractivity contribution in [3.8, 4) is 0 Å². The highest BCUT2D eigenvalue weighted by atomic mass is 19.2. The van der Waals surface area contributed by atoms with Crippen molar-refractivity contribution in [2.45, 2.75) is 19.4 Å². The van der Waals surface area contributed by atoms with Gasteiger partial charge in [0.05, 0.1) is 0 Å². The number of benzene rings is 1. The van der Waals surface area contributed by atoms with E-state index in [9.17, 15) is 13.2 Å². The van der Waals surface area contributed by atoms with Gasteiger partial charge in [-0.2, -0.15) is 0 Å². The summed E-state index contributed by atoms with van der Waals surface area (Å²) in [6.45, 7) is 4.19. The van der Waals surface area contributed by atoms with Crippen LogP contribution in [0.1, 0.15) is 13.3 Å². The molecule has 17 heavy (non-hydrogen) atoms. The highest BCUT2D eigenvalue weighted by Crippen LogP contribution is 2.22. The third kappa shape index (κ3) is 2.72. The van der Waals surface area contributed by atoms with Gasteiger partial charge in [0.2, 0.25) is 0 Å². The number of hydrogen-bond donors (Lipinski definition) is 1. The zero-order chi connectivity index (χ0) is 12.4. The van der Waals surface area contributed by atoms with E-state index in [-0.39, 0.29) is 0 Å². The Morgan fingerprint density at radius 2 is 1.82 bits per heavy atom. The van der Waals surface area contributed by atoms with E-state index in [2.05, 4.69) is 12.2 Å². The lowest BCUT2D eigenvalue weighted by atomic mass is 10.2. The summed E-state index contributed by atoms with van der Waals surface area (Å²) in [7, 11) is 0. The third-order valence-electron chi connectivity index (χ3n) is 3.04. The van der Waals surface area contributed by atoms with Gasteiger partial charge in [-0.25, -0.2) is 13.2 Å². The van der Waals surface area contributed by atoms with Crippen LogP contribution in [0.25, 0.3) is 0 Å². The van der Waals surface area contributed by atoms with E-state index in [0.717, 1.165) is 25.1 Å². The van der Waals surface area contributed by atoms with Gasteiger partial charge in [0.25, 0.3) is 0 Å². The maximum Gasteiger partial charge on any atom is 0.194 e. The van der Waals surface area contributed by atoms with E-state index in [1.807, 2.05) is 4.90 Å². The summed E-state index contributed by atoms with van der Waals surface area (Å²) in [6.07, 6.45) is 0.889. The molecule has 1 aromatic rings. The molecule has 1 heterocycles. The Bertz CT molecular complexity index is 386. The molecule has 0 aromatic heterocycles. The van der Waals surface area contributed by atoms with Crippen LogP contribution in [0.2, 0.25) is 0 Å². The van der Waals surface area contributed by atoms with Gasteiger partial charge in [-0.15, -0.1) is 0 Å². The van der Waals surface area contributed by atoms with Crippen LogP contribution in [-0.4, -0.2) is 25.7 Å². The Balaban J connectivity index is 2.21. The first kappa shape index (κ1) is 12.2. The lowest BCUT2D eigenvalue weighted by Gasteiger charge is -2.22. The second-order valence-corrected chi connectivity index (χ2v) is 4.35. The van der Waals surface area contributed by atoms with E-state index in [1.165, 1.54) is 0 Å². The molecule has 0 saturated carbocycles. The average molecular weight is 244 g/mol. The van der Waals surface area contributed by atoms with Gasteiger partial charge in [-0.05, 0) is 13.3 Å². The maximum atomic E-state index is 13.1. The standard InChI is InChI=1S/C12H15F3N2/c1-8-2-4-17(5-3-16-8)9-6-10(13)12(15)11(14)7-9/h6-8,16H,2-5H2,1H3. The molecule has 1 fully saturated rings. The minimum atomic E-state index is -1.41. The topological polar surface area (TPSA) is 15.3 Å². The molecule has 1 aliphatic rings. The molecular weight excluding hydrogens is 229 g/mol. The number of halogens is 3. The van der Waals surface area contributed by atoms with Gasteiger partial charge in [0.15, 0.2) is 17.5 Å². The maximum absolute atomic E-state index is 13.1. The van der Waals surface area contributed by atoms with Gasteiger partial charge >= 0.3 is 0 Å². The normalized spacial score (nSPS) is 21.4. The van der Waals surface area contributed by atoms with E-state index < -0.39 is 17.5 Å². The Labute approximate surface area is 98.4 Å². The Hall–Kier alpha value is -1.23. The van der Waals surface area contributed by atoms with Gasteiger partial charge in [-0.1, -0.05) is 0 Å². The lowest BCUT2D eigenvalue weighted by molar-refractivity contribution is 0.447. The summed E-state index contributed by atoms with van der Waals surface area (Å²) in [5, 5.41) is 3.28. The van der Waals surface area contributed by atoms with Crippen molar-refractivity contribution in [2.24, 2.45) is 0 Å². The monoisotopic (exact) mass is 244 g/mol. The van der Waals surface area contributed by atoms with E-state index in [1.54, 1.807) is 0 Å². The van der Waals surface area contributed by atoms with Crippen LogP contribution in [0.5, 0.6) is 0 Å². The molecule has 0 bridgehead atoms. The Morgan fingerprint density at radius 1 is 1.18 bits per heavy atom. The first-order valence-electron chi connectivity index (χ1n) is 5.71. The van der Waals surface area contributed by atoms with Crippen LogP contribution < -0.4 is 10.2 Å². The molecule has 1 unspecified atom stereocenters. The quantitative estimate of drug-likeness (QED) is 0.762. The molecule has 0 spiro atoms. The predicted molar refractivity (Wildman–Crippen MR) is 60.6 cm³/mol. The largest absolute Gasteiger partial charge is 0.370 e. The SMILES string of the molecule is CC1CCN(c2cc(F)c(F)c(F)c2)CCN1. The lowest BCUT2D eigenvalue weighted by Crippen LogP contribution is -2.29. The molecular formula is C12H15F3N2. The van der Waals surface area contributed by atoms with Gasteiger partial charge in [-0.3, -0.25) is 0 Å². The Morgan fingerprint density at radius 3 is 2.47 bits per heavy atom. The van der Waals surface area contributed by atoms with Crippen LogP contribution >= 0.6 is 0 Å². The number of nitrogens with zero attached hydrogens (tertiary/aromatic N) is 1. The molecule has 1 saturated heterocycles. The average Bonchev–Trinajstić information content (AvgIpc) is 2.50. The third-order valence-corrected chi connectivity index (χ3v) is 3.04. The fourth-order valence-electron chi connectivity index (χ4n) is 1.99. The summed E-state index contributed by atoms with van der Waals surface area (Å²) in [4.78, 5) is 1.86. The van der Waals surface area contributed by atoms with Crippen LogP contribution in [0.15, 0.2) is 12.1 Å². The van der Waals surface area contributed by atoms with Gasteiger partial charge in [0, 0.05) is 43.5 Å². The van der Waals surface area contributed by atoms with Crippen LogP contribution in [0, 0.1) is 17.5 Å². The molecule has 1 aromatic carbocycles. The van der Waals surface area contributed by atoms with Crippen LogP contribution in [0.3, 0.4) is 0 Å². The first-order valence-corrected chi connectivity index (χ1v) is 5.71. The van der Waals surface area contributed by atoms with Crippen LogP contribution in [0.4, 0.5) is 18.9 Å². The van der Waals surface area contributed by atoms with Crippen molar-refractivity contribution in [2.75, 3.05) is 24.5 Å². The van der Waals surface area contributed by atoms with Crippen molar-refractivity contribution in [3.63, 3.8) is 0 Å². The number of hydrogen-bond acceptors (Lipinski definition) is 2. The first-order chi connectivity index (χ1) is 8.08. The molecule has 1 aliphatic heterocycles. The van der Waals surface area contributed by atoms with Crippen molar-refractivity contribution < 1.29 is 13.2 Å². The molecule has 2 nitrogen and oxygen atoms in total. The van der Waals surface area contributed by atoms with Gasteiger partial charge in [0.1, 0.15) is 0 Å². The molecule has 0 radical (unpaired) electrons. The van der Waals surface area contributed by atoms with Crippen LogP contribution in [-0.2, 0) is 0 Å². The second-order valence-electron chi connectivity index (χ2n) is 4.35. The molecule has 94 valence electrons. The fourth-order valence-corrected chi connectivity index (χ4v) is 1.99. The van der Waals surface area contributed by atoms with E-state index in [4.69, 9.17) is 0 Å². The number of rotatable bonds is 1. The van der Waals surface area contributed by atoms with Crippen molar-refractivity contribution in [3.05, 3.63) is 29.6 Å². The van der Waals surface area contributed by atoms with Gasteiger partial charge < -0.3 is 10.2 Å². The van der Waals surface area contributed by atoms with E-state index in [0.29, 0.717) is 24.8 Å². The number of anilines is 1. The fraction of sp³-hybridized carbons (Fsp3) is 0.500. The summed E-state index contributed by atoms with van der Waals surface area (Å²) < 4.78 is 39.1. The Kier molecular flexibility index (Phi) is 3.57. The zero-order valence-electron chi connectivity index (χ0n) is 9.64. The number of nitrogens with one attached hydrogen (secondary N) is 1. The molecule has 1 N–H and O–H groups in total. The smallest absolute Gasteiger partial charge is 0.194 e. The molecule has 0 aliphatic carbocycles. The predicted octanol–water partition coefficient (Wildman–Crippen LogP) is 2.29. The van der Waals surface area contributed by atoms with Crippen molar-refractivity contribution in [1.29, 1.82) is 0 Å². The van der Waals surface area contributed by atoms with Crippen molar-refractivity contribution in [1.82, 2.24) is 5.32 Å². The zero-order valence-corrected chi connectivity index (χ0v) is 9.64. The highest BCUT2D eigenvalue weighted by molar-refractivity contribution is 5.47. The summed E-state index contributed by atoms with van der Waals surface area (Å²) in [5.74, 6) is -3.68. The summed E-state index contributed by atoms with van der Waals surface area (Å²) in [6, 6.07) is 2.48. The second kappa shape index (κ2) is 4.96. The van der Waals surface area contributed by atoms with Crippen molar-refractivity contribution >= 4 is 5.69 Å². The van der Waals surface area contributed by atoms with E-state index >= 15 is 0 Å². The minimum Gasteiger partial charge on any atom is -0.370 e. The minimum absolute atomic E-state index is 0.384. The highest BCUT2D eigenvalue weighted by Gasteiger charge is 2.17. The molecule has 2 rings (SSSR count).